The summed E-state index contributed by atoms with van der Waals surface area (Å²) in [5.41, 5.74) is 1.30. The molecule has 0 saturated heterocycles. The van der Waals surface area contributed by atoms with Crippen LogP contribution < -0.4 is 0 Å². The van der Waals surface area contributed by atoms with Gasteiger partial charge >= 0.3 is 0 Å². The van der Waals surface area contributed by atoms with Gasteiger partial charge in [-0.3, -0.25) is 14.5 Å². The zero-order chi connectivity index (χ0) is 15.8. The van der Waals surface area contributed by atoms with E-state index in [-0.39, 0.29) is 21.6 Å². The fraction of sp³-hybridized carbons (Fsp3) is 0.579. The molecule has 1 aromatic rings. The second-order valence-corrected chi connectivity index (χ2v) is 10.0. The number of halogens is 1. The molecule has 5 aliphatic rings. The first-order chi connectivity index (χ1) is 11.0. The van der Waals surface area contributed by atoms with E-state index in [0.717, 1.165) is 18.3 Å². The molecule has 1 heterocycles. The van der Waals surface area contributed by atoms with Crippen molar-refractivity contribution in [3.8, 4) is 0 Å². The number of nitrogens with zero attached hydrogens (tertiary/aromatic N) is 1. The number of alkyl halides is 1. The molecule has 0 N–H and O–H groups in total. The van der Waals surface area contributed by atoms with E-state index in [1.807, 2.05) is 12.1 Å². The van der Waals surface area contributed by atoms with Gasteiger partial charge in [0.05, 0.1) is 11.1 Å². The summed E-state index contributed by atoms with van der Waals surface area (Å²) in [7, 11) is 0. The van der Waals surface area contributed by atoms with Crippen molar-refractivity contribution in [2.75, 3.05) is 6.54 Å². The van der Waals surface area contributed by atoms with Crippen LogP contribution in [0.1, 0.15) is 59.2 Å². The van der Waals surface area contributed by atoms with Gasteiger partial charge in [-0.15, -0.1) is 0 Å². The largest absolute Gasteiger partial charge is 0.274 e. The SMILES string of the molecule is O=C1c2ccccc2C(=O)N1CC12CC3CC(CC(Br)(C3)C1)C2. The molecule has 6 rings (SSSR count). The average molecular weight is 374 g/mol. The molecule has 2 unspecified atom stereocenters. The summed E-state index contributed by atoms with van der Waals surface area (Å²) in [5, 5.41) is 0. The van der Waals surface area contributed by atoms with Crippen molar-refractivity contribution in [3.05, 3.63) is 35.4 Å². The van der Waals surface area contributed by atoms with Crippen molar-refractivity contribution in [3.63, 3.8) is 0 Å². The first kappa shape index (κ1) is 14.2. The molecule has 3 nitrogen and oxygen atoms in total. The van der Waals surface area contributed by atoms with E-state index in [1.165, 1.54) is 37.0 Å². The topological polar surface area (TPSA) is 37.4 Å². The molecular weight excluding hydrogens is 354 g/mol. The molecule has 4 saturated carbocycles. The first-order valence-electron chi connectivity index (χ1n) is 8.61. The van der Waals surface area contributed by atoms with Crippen LogP contribution in [0, 0.1) is 17.3 Å². The van der Waals surface area contributed by atoms with Crippen LogP contribution in [-0.2, 0) is 0 Å². The number of hydrogen-bond donors (Lipinski definition) is 0. The van der Waals surface area contributed by atoms with Gasteiger partial charge in [0.1, 0.15) is 0 Å². The highest BCUT2D eigenvalue weighted by atomic mass is 79.9. The summed E-state index contributed by atoms with van der Waals surface area (Å²) in [6.45, 7) is 0.611. The quantitative estimate of drug-likeness (QED) is 0.579. The maximum atomic E-state index is 12.7. The average Bonchev–Trinajstić information content (AvgIpc) is 2.70. The Bertz CT molecular complexity index is 679. The maximum Gasteiger partial charge on any atom is 0.261 e. The highest BCUT2D eigenvalue weighted by molar-refractivity contribution is 9.10. The van der Waals surface area contributed by atoms with Crippen LogP contribution in [0.4, 0.5) is 0 Å². The Labute approximate surface area is 144 Å². The summed E-state index contributed by atoms with van der Waals surface area (Å²) in [5.74, 6) is 1.35. The third kappa shape index (κ3) is 2.00. The Morgan fingerprint density at radius 2 is 1.57 bits per heavy atom. The predicted octanol–water partition coefficient (Wildman–Crippen LogP) is 4.02. The standard InChI is InChI=1S/C19H20BrNO2/c20-19-8-12-5-13(9-19)7-18(6-12,10-19)11-21-16(22)14-3-1-2-4-15(14)17(21)23/h1-4,12-13H,5-11H2. The summed E-state index contributed by atoms with van der Waals surface area (Å²) in [4.78, 5) is 26.9. The highest BCUT2D eigenvalue weighted by Gasteiger charge is 2.58. The summed E-state index contributed by atoms with van der Waals surface area (Å²) < 4.78 is 0.260. The van der Waals surface area contributed by atoms with Crippen LogP contribution >= 0.6 is 15.9 Å². The van der Waals surface area contributed by atoms with Gasteiger partial charge in [0.2, 0.25) is 0 Å². The van der Waals surface area contributed by atoms with Crippen LogP contribution in [0.2, 0.25) is 0 Å². The Kier molecular flexibility index (Phi) is 2.76. The van der Waals surface area contributed by atoms with E-state index in [0.29, 0.717) is 17.7 Å². The van der Waals surface area contributed by atoms with Gasteiger partial charge in [-0.05, 0) is 67.9 Å². The number of amides is 2. The number of carbonyl (C=O) groups is 2. The van der Waals surface area contributed by atoms with Crippen molar-refractivity contribution >= 4 is 27.7 Å². The number of hydrogen-bond acceptors (Lipinski definition) is 2. The van der Waals surface area contributed by atoms with Crippen LogP contribution in [0.5, 0.6) is 0 Å². The third-order valence-corrected chi connectivity index (χ3v) is 7.41. The van der Waals surface area contributed by atoms with Crippen molar-refractivity contribution in [2.24, 2.45) is 17.3 Å². The van der Waals surface area contributed by atoms with Gasteiger partial charge in [0.25, 0.3) is 11.8 Å². The molecule has 23 heavy (non-hydrogen) atoms. The Hall–Kier alpha value is -1.16. The van der Waals surface area contributed by atoms with E-state index < -0.39 is 0 Å². The lowest BCUT2D eigenvalue weighted by atomic mass is 9.49. The lowest BCUT2D eigenvalue weighted by molar-refractivity contribution is -0.0461. The Balaban J connectivity index is 1.47. The zero-order valence-electron chi connectivity index (χ0n) is 13.1. The normalized spacial score (nSPS) is 40.8. The molecule has 1 aromatic carbocycles. The van der Waals surface area contributed by atoms with Gasteiger partial charge in [0.15, 0.2) is 0 Å². The molecule has 0 radical (unpaired) electrons. The van der Waals surface area contributed by atoms with Crippen molar-refractivity contribution < 1.29 is 9.59 Å². The van der Waals surface area contributed by atoms with Gasteiger partial charge in [-0.25, -0.2) is 0 Å². The van der Waals surface area contributed by atoms with Crippen LogP contribution in [0.15, 0.2) is 24.3 Å². The molecule has 4 heteroatoms. The van der Waals surface area contributed by atoms with Gasteiger partial charge in [-0.1, -0.05) is 28.1 Å². The van der Waals surface area contributed by atoms with Crippen molar-refractivity contribution in [1.29, 1.82) is 0 Å². The predicted molar refractivity (Wildman–Crippen MR) is 90.6 cm³/mol. The Morgan fingerprint density at radius 3 is 2.09 bits per heavy atom. The van der Waals surface area contributed by atoms with E-state index in [2.05, 4.69) is 15.9 Å². The van der Waals surface area contributed by atoms with E-state index >= 15 is 0 Å². The fourth-order valence-corrected chi connectivity index (χ4v) is 7.75. The van der Waals surface area contributed by atoms with Crippen LogP contribution in [0.3, 0.4) is 0 Å². The number of carbonyl (C=O) groups excluding carboxylic acids is 2. The van der Waals surface area contributed by atoms with Crippen molar-refractivity contribution in [2.45, 2.75) is 42.8 Å². The molecule has 0 aromatic heterocycles. The van der Waals surface area contributed by atoms with E-state index in [4.69, 9.17) is 0 Å². The molecular formula is C19H20BrNO2. The molecule has 4 aliphatic carbocycles. The van der Waals surface area contributed by atoms with Gasteiger partial charge in [0, 0.05) is 10.9 Å². The van der Waals surface area contributed by atoms with E-state index in [9.17, 15) is 9.59 Å². The van der Waals surface area contributed by atoms with Gasteiger partial charge in [-0.2, -0.15) is 0 Å². The van der Waals surface area contributed by atoms with Crippen LogP contribution in [0.25, 0.3) is 0 Å². The molecule has 4 bridgehead atoms. The fourth-order valence-electron chi connectivity index (χ4n) is 6.24. The second kappa shape index (κ2) is 4.47. The summed E-state index contributed by atoms with van der Waals surface area (Å²) in [6, 6.07) is 7.24. The summed E-state index contributed by atoms with van der Waals surface area (Å²) >= 11 is 4.01. The van der Waals surface area contributed by atoms with Crippen LogP contribution in [-0.4, -0.2) is 27.6 Å². The van der Waals surface area contributed by atoms with Gasteiger partial charge < -0.3 is 0 Å². The second-order valence-electron chi connectivity index (χ2n) is 8.35. The number of imide groups is 1. The Morgan fingerprint density at radius 1 is 1.00 bits per heavy atom. The number of benzene rings is 1. The number of rotatable bonds is 2. The molecule has 120 valence electrons. The highest BCUT2D eigenvalue weighted by Crippen LogP contribution is 2.64. The minimum absolute atomic E-state index is 0.0926. The minimum atomic E-state index is -0.0926. The monoisotopic (exact) mass is 373 g/mol. The smallest absolute Gasteiger partial charge is 0.261 e. The van der Waals surface area contributed by atoms with Crippen molar-refractivity contribution in [1.82, 2.24) is 4.90 Å². The minimum Gasteiger partial charge on any atom is -0.274 e. The number of fused-ring (bicyclic) bond motifs is 1. The maximum absolute atomic E-state index is 12.7. The lowest BCUT2D eigenvalue weighted by Gasteiger charge is -2.60. The molecule has 2 atom stereocenters. The van der Waals surface area contributed by atoms with E-state index in [1.54, 1.807) is 12.1 Å². The zero-order valence-corrected chi connectivity index (χ0v) is 14.6. The molecule has 1 aliphatic heterocycles. The molecule has 4 fully saturated rings. The third-order valence-electron chi connectivity index (χ3n) is 6.48. The molecule has 0 spiro atoms. The first-order valence-corrected chi connectivity index (χ1v) is 9.41. The summed E-state index contributed by atoms with van der Waals surface area (Å²) in [6.07, 6.45) is 7.37. The lowest BCUT2D eigenvalue weighted by Crippen LogP contribution is -2.57. The molecule has 2 amide bonds.